The third kappa shape index (κ3) is 2.94. The van der Waals surface area contributed by atoms with Crippen LogP contribution in [0.2, 0.25) is 0 Å². The van der Waals surface area contributed by atoms with E-state index >= 15 is 0 Å². The summed E-state index contributed by atoms with van der Waals surface area (Å²) in [5, 5.41) is 3.11. The van der Waals surface area contributed by atoms with Gasteiger partial charge < -0.3 is 5.73 Å². The van der Waals surface area contributed by atoms with Crippen LogP contribution in [0, 0.1) is 6.92 Å². The SMILES string of the molecule is C=C(CC)CC(N)c1csc(C)n1. The van der Waals surface area contributed by atoms with E-state index in [1.807, 2.05) is 12.3 Å². The summed E-state index contributed by atoms with van der Waals surface area (Å²) < 4.78 is 0. The third-order valence-electron chi connectivity index (χ3n) is 2.03. The lowest BCUT2D eigenvalue weighted by molar-refractivity contribution is 0.682. The molecule has 2 nitrogen and oxygen atoms in total. The Bertz CT molecular complexity index is 291. The predicted octanol–water partition coefficient (Wildman–Crippen LogP) is 2.81. The summed E-state index contributed by atoms with van der Waals surface area (Å²) in [7, 11) is 0. The van der Waals surface area contributed by atoms with E-state index < -0.39 is 0 Å². The van der Waals surface area contributed by atoms with E-state index in [9.17, 15) is 0 Å². The normalized spacial score (nSPS) is 12.8. The minimum Gasteiger partial charge on any atom is -0.322 e. The number of aromatic nitrogens is 1. The van der Waals surface area contributed by atoms with Crippen molar-refractivity contribution >= 4 is 11.3 Å². The molecule has 0 saturated carbocycles. The van der Waals surface area contributed by atoms with Gasteiger partial charge in [0.15, 0.2) is 0 Å². The fourth-order valence-corrected chi connectivity index (χ4v) is 1.79. The van der Waals surface area contributed by atoms with Crippen molar-refractivity contribution in [2.75, 3.05) is 0 Å². The number of aryl methyl sites for hydroxylation is 1. The molecule has 0 spiro atoms. The van der Waals surface area contributed by atoms with Crippen LogP contribution >= 0.6 is 11.3 Å². The monoisotopic (exact) mass is 196 g/mol. The van der Waals surface area contributed by atoms with Gasteiger partial charge in [0.25, 0.3) is 0 Å². The van der Waals surface area contributed by atoms with Gasteiger partial charge in [0.05, 0.1) is 16.7 Å². The van der Waals surface area contributed by atoms with Crippen molar-refractivity contribution in [3.05, 3.63) is 28.2 Å². The lowest BCUT2D eigenvalue weighted by Gasteiger charge is -2.09. The molecule has 1 unspecified atom stereocenters. The Morgan fingerprint density at radius 2 is 2.46 bits per heavy atom. The van der Waals surface area contributed by atoms with E-state index in [2.05, 4.69) is 18.5 Å². The zero-order valence-corrected chi connectivity index (χ0v) is 9.03. The highest BCUT2D eigenvalue weighted by Crippen LogP contribution is 2.20. The molecule has 0 bridgehead atoms. The summed E-state index contributed by atoms with van der Waals surface area (Å²) in [5.74, 6) is 0. The van der Waals surface area contributed by atoms with Gasteiger partial charge in [-0.25, -0.2) is 4.98 Å². The van der Waals surface area contributed by atoms with E-state index in [-0.39, 0.29) is 6.04 Å². The molecule has 1 aromatic rings. The van der Waals surface area contributed by atoms with Gasteiger partial charge in [0.1, 0.15) is 0 Å². The van der Waals surface area contributed by atoms with Gasteiger partial charge in [-0.3, -0.25) is 0 Å². The van der Waals surface area contributed by atoms with Crippen LogP contribution in [0.4, 0.5) is 0 Å². The Labute approximate surface area is 83.5 Å². The van der Waals surface area contributed by atoms with Crippen molar-refractivity contribution in [2.45, 2.75) is 32.7 Å². The first-order chi connectivity index (χ1) is 6.13. The maximum atomic E-state index is 5.97. The summed E-state index contributed by atoms with van der Waals surface area (Å²) in [5.41, 5.74) is 8.16. The maximum Gasteiger partial charge on any atom is 0.0898 e. The van der Waals surface area contributed by atoms with E-state index in [4.69, 9.17) is 5.73 Å². The van der Waals surface area contributed by atoms with Crippen LogP contribution in [0.1, 0.15) is 36.5 Å². The average Bonchev–Trinajstić information content (AvgIpc) is 2.51. The molecule has 0 saturated heterocycles. The Kier molecular flexibility index (Phi) is 3.63. The smallest absolute Gasteiger partial charge is 0.0898 e. The van der Waals surface area contributed by atoms with Crippen molar-refractivity contribution in [2.24, 2.45) is 5.73 Å². The second-order valence-electron chi connectivity index (χ2n) is 3.21. The summed E-state index contributed by atoms with van der Waals surface area (Å²) in [6, 6.07) is 0.0254. The Morgan fingerprint density at radius 1 is 1.77 bits per heavy atom. The average molecular weight is 196 g/mol. The molecule has 1 rings (SSSR count). The highest BCUT2D eigenvalue weighted by molar-refractivity contribution is 7.09. The van der Waals surface area contributed by atoms with Gasteiger partial charge in [-0.15, -0.1) is 11.3 Å². The van der Waals surface area contributed by atoms with Gasteiger partial charge >= 0.3 is 0 Å². The second-order valence-corrected chi connectivity index (χ2v) is 4.27. The summed E-state index contributed by atoms with van der Waals surface area (Å²) >= 11 is 1.65. The molecule has 0 fully saturated rings. The summed E-state index contributed by atoms with van der Waals surface area (Å²) in [6.07, 6.45) is 1.84. The van der Waals surface area contributed by atoms with Crippen molar-refractivity contribution < 1.29 is 0 Å². The van der Waals surface area contributed by atoms with Gasteiger partial charge in [0, 0.05) is 5.38 Å². The zero-order chi connectivity index (χ0) is 9.84. The molecule has 3 heteroatoms. The van der Waals surface area contributed by atoms with E-state index in [1.54, 1.807) is 11.3 Å². The first kappa shape index (κ1) is 10.4. The summed E-state index contributed by atoms with van der Waals surface area (Å²) in [6.45, 7) is 8.04. The van der Waals surface area contributed by atoms with Crippen molar-refractivity contribution in [3.63, 3.8) is 0 Å². The van der Waals surface area contributed by atoms with Gasteiger partial charge in [-0.1, -0.05) is 19.1 Å². The lowest BCUT2D eigenvalue weighted by atomic mass is 10.0. The molecule has 13 heavy (non-hydrogen) atoms. The number of nitrogens with two attached hydrogens (primary N) is 1. The van der Waals surface area contributed by atoms with Crippen LogP contribution in [0.25, 0.3) is 0 Å². The standard InChI is InChI=1S/C10H16N2S/c1-4-7(2)5-9(11)10-6-13-8(3)12-10/h6,9H,2,4-5,11H2,1,3H3. The fraction of sp³-hybridized carbons (Fsp3) is 0.500. The fourth-order valence-electron chi connectivity index (χ4n) is 1.11. The first-order valence-corrected chi connectivity index (χ1v) is 5.35. The van der Waals surface area contributed by atoms with Crippen LogP contribution in [0.15, 0.2) is 17.5 Å². The van der Waals surface area contributed by atoms with Gasteiger partial charge in [-0.05, 0) is 19.8 Å². The molecule has 1 atom stereocenters. The lowest BCUT2D eigenvalue weighted by Crippen LogP contribution is -2.11. The minimum atomic E-state index is 0.0254. The van der Waals surface area contributed by atoms with Crippen LogP contribution in [-0.4, -0.2) is 4.98 Å². The molecule has 0 aliphatic heterocycles. The van der Waals surface area contributed by atoms with Crippen molar-refractivity contribution in [3.8, 4) is 0 Å². The maximum absolute atomic E-state index is 5.97. The topological polar surface area (TPSA) is 38.9 Å². The number of hydrogen-bond acceptors (Lipinski definition) is 3. The number of rotatable bonds is 4. The van der Waals surface area contributed by atoms with Crippen LogP contribution < -0.4 is 5.73 Å². The number of hydrogen-bond donors (Lipinski definition) is 1. The van der Waals surface area contributed by atoms with E-state index in [0.717, 1.165) is 23.5 Å². The van der Waals surface area contributed by atoms with Crippen LogP contribution in [0.5, 0.6) is 0 Å². The second kappa shape index (κ2) is 4.53. The molecule has 0 radical (unpaired) electrons. The Hall–Kier alpha value is -0.670. The zero-order valence-electron chi connectivity index (χ0n) is 8.21. The van der Waals surface area contributed by atoms with Gasteiger partial charge in [-0.2, -0.15) is 0 Å². The van der Waals surface area contributed by atoms with Gasteiger partial charge in [0.2, 0.25) is 0 Å². The van der Waals surface area contributed by atoms with Crippen molar-refractivity contribution in [1.82, 2.24) is 4.98 Å². The molecule has 0 amide bonds. The number of nitrogens with zero attached hydrogens (tertiary/aromatic N) is 1. The first-order valence-electron chi connectivity index (χ1n) is 4.47. The quantitative estimate of drug-likeness (QED) is 0.752. The summed E-state index contributed by atoms with van der Waals surface area (Å²) in [4.78, 5) is 4.35. The highest BCUT2D eigenvalue weighted by Gasteiger charge is 2.09. The third-order valence-corrected chi connectivity index (χ3v) is 2.82. The van der Waals surface area contributed by atoms with E-state index in [0.29, 0.717) is 0 Å². The molecule has 0 aliphatic carbocycles. The number of thiazole rings is 1. The van der Waals surface area contributed by atoms with Crippen LogP contribution in [-0.2, 0) is 0 Å². The van der Waals surface area contributed by atoms with E-state index in [1.165, 1.54) is 5.57 Å². The molecular weight excluding hydrogens is 180 g/mol. The van der Waals surface area contributed by atoms with Crippen LogP contribution in [0.3, 0.4) is 0 Å². The molecule has 1 aromatic heterocycles. The van der Waals surface area contributed by atoms with Crippen molar-refractivity contribution in [1.29, 1.82) is 0 Å². The molecule has 0 aromatic carbocycles. The largest absolute Gasteiger partial charge is 0.322 e. The predicted molar refractivity (Wildman–Crippen MR) is 57.8 cm³/mol. The molecule has 1 heterocycles. The Morgan fingerprint density at radius 3 is 2.92 bits per heavy atom. The molecular formula is C10H16N2S. The highest BCUT2D eigenvalue weighted by atomic mass is 32.1. The minimum absolute atomic E-state index is 0.0254. The Balaban J connectivity index is 2.58. The molecule has 72 valence electrons. The molecule has 0 aliphatic rings. The molecule has 2 N–H and O–H groups in total.